The molecule has 0 fully saturated rings. The zero-order valence-corrected chi connectivity index (χ0v) is 22.6. The van der Waals surface area contributed by atoms with E-state index in [1.54, 1.807) is 25.7 Å². The highest BCUT2D eigenvalue weighted by molar-refractivity contribution is 5.92. The minimum Gasteiger partial charge on any atom is -0.444 e. The summed E-state index contributed by atoms with van der Waals surface area (Å²) >= 11 is 0. The van der Waals surface area contributed by atoms with E-state index in [0.717, 1.165) is 29.5 Å². The van der Waals surface area contributed by atoms with Crippen molar-refractivity contribution in [3.05, 3.63) is 34.9 Å². The summed E-state index contributed by atoms with van der Waals surface area (Å²) in [6.07, 6.45) is 1.62. The van der Waals surface area contributed by atoms with Gasteiger partial charge in [0.2, 0.25) is 11.8 Å². The fourth-order valence-electron chi connectivity index (χ4n) is 3.93. The molecule has 0 heterocycles. The molecule has 2 unspecified atom stereocenters. The molecule has 0 radical (unpaired) electrons. The number of ether oxygens (including phenoxy) is 1. The predicted octanol–water partition coefficient (Wildman–Crippen LogP) is 5.05. The van der Waals surface area contributed by atoms with Crippen LogP contribution in [0.5, 0.6) is 0 Å². The third kappa shape index (κ3) is 9.74. The SMILES string of the molecule is CCCCNC(=O)C(c1cc(C)cc(C)c1)N(CC)C(=O)C(CC(C)C)NC(=O)OC(C)(C)C. The maximum absolute atomic E-state index is 13.8. The van der Waals surface area contributed by atoms with Crippen molar-refractivity contribution in [3.63, 3.8) is 0 Å². The molecular formula is C27H45N3O4. The maximum atomic E-state index is 13.8. The molecule has 1 aromatic rings. The second-order valence-electron chi connectivity index (χ2n) is 10.4. The third-order valence-electron chi connectivity index (χ3n) is 5.27. The van der Waals surface area contributed by atoms with Gasteiger partial charge in [-0.2, -0.15) is 0 Å². The van der Waals surface area contributed by atoms with Crippen LogP contribution in [0.3, 0.4) is 0 Å². The summed E-state index contributed by atoms with van der Waals surface area (Å²) < 4.78 is 5.40. The zero-order chi connectivity index (χ0) is 26.1. The van der Waals surface area contributed by atoms with E-state index in [0.29, 0.717) is 19.5 Å². The number of benzene rings is 1. The number of likely N-dealkylation sites (N-methyl/N-ethyl adjacent to an activating group) is 1. The highest BCUT2D eigenvalue weighted by atomic mass is 16.6. The van der Waals surface area contributed by atoms with Gasteiger partial charge in [0.15, 0.2) is 0 Å². The van der Waals surface area contributed by atoms with Gasteiger partial charge in [0.25, 0.3) is 0 Å². The lowest BCUT2D eigenvalue weighted by Crippen LogP contribution is -2.53. The number of alkyl carbamates (subject to hydrolysis) is 1. The molecular weight excluding hydrogens is 430 g/mol. The van der Waals surface area contributed by atoms with Crippen LogP contribution in [0.1, 0.15) is 90.5 Å². The molecule has 7 nitrogen and oxygen atoms in total. The van der Waals surface area contributed by atoms with Crippen molar-refractivity contribution >= 4 is 17.9 Å². The number of aryl methyl sites for hydroxylation is 2. The van der Waals surface area contributed by atoms with Gasteiger partial charge in [0.1, 0.15) is 17.7 Å². The minimum atomic E-state index is -0.799. The lowest BCUT2D eigenvalue weighted by molar-refractivity contribution is -0.142. The topological polar surface area (TPSA) is 87.7 Å². The second kappa shape index (κ2) is 13.4. The molecule has 192 valence electrons. The summed E-state index contributed by atoms with van der Waals surface area (Å²) in [4.78, 5) is 41.3. The first-order chi connectivity index (χ1) is 15.8. The van der Waals surface area contributed by atoms with Crippen LogP contribution in [0, 0.1) is 19.8 Å². The van der Waals surface area contributed by atoms with Crippen LogP contribution in [-0.4, -0.2) is 47.5 Å². The van der Waals surface area contributed by atoms with Gasteiger partial charge in [-0.25, -0.2) is 4.79 Å². The first kappa shape index (κ1) is 29.5. The second-order valence-corrected chi connectivity index (χ2v) is 10.4. The number of carbonyl (C=O) groups is 3. The van der Waals surface area contributed by atoms with Crippen LogP contribution in [0.25, 0.3) is 0 Å². The molecule has 0 bridgehead atoms. The van der Waals surface area contributed by atoms with E-state index in [1.807, 2.05) is 52.8 Å². The van der Waals surface area contributed by atoms with Crippen molar-refractivity contribution < 1.29 is 19.1 Å². The molecule has 0 saturated heterocycles. The minimum absolute atomic E-state index is 0.153. The Labute approximate surface area is 206 Å². The first-order valence-corrected chi connectivity index (χ1v) is 12.4. The van der Waals surface area contributed by atoms with Gasteiger partial charge in [-0.1, -0.05) is 56.5 Å². The van der Waals surface area contributed by atoms with E-state index < -0.39 is 23.8 Å². The Morgan fingerprint density at radius 3 is 2.09 bits per heavy atom. The average molecular weight is 476 g/mol. The third-order valence-corrected chi connectivity index (χ3v) is 5.27. The molecule has 2 N–H and O–H groups in total. The summed E-state index contributed by atoms with van der Waals surface area (Å²) in [5, 5.41) is 5.75. The van der Waals surface area contributed by atoms with Crippen LogP contribution < -0.4 is 10.6 Å². The maximum Gasteiger partial charge on any atom is 0.408 e. The van der Waals surface area contributed by atoms with Crippen molar-refractivity contribution in [2.45, 2.75) is 99.3 Å². The number of carbonyl (C=O) groups excluding carboxylic acids is 3. The van der Waals surface area contributed by atoms with Crippen molar-refractivity contribution in [1.29, 1.82) is 0 Å². The summed E-state index contributed by atoms with van der Waals surface area (Å²) in [6.45, 7) is 18.1. The molecule has 1 rings (SSSR count). The molecule has 2 atom stereocenters. The fraction of sp³-hybridized carbons (Fsp3) is 0.667. The molecule has 0 spiro atoms. The van der Waals surface area contributed by atoms with Crippen LogP contribution >= 0.6 is 0 Å². The lowest BCUT2D eigenvalue weighted by Gasteiger charge is -2.34. The summed E-state index contributed by atoms with van der Waals surface area (Å²) in [6, 6.07) is 4.35. The highest BCUT2D eigenvalue weighted by Crippen LogP contribution is 2.25. The Morgan fingerprint density at radius 1 is 1.03 bits per heavy atom. The van der Waals surface area contributed by atoms with E-state index in [2.05, 4.69) is 17.6 Å². The Bertz CT molecular complexity index is 809. The van der Waals surface area contributed by atoms with E-state index in [4.69, 9.17) is 4.74 Å². The van der Waals surface area contributed by atoms with Crippen LogP contribution in [0.4, 0.5) is 4.79 Å². The molecule has 7 heteroatoms. The molecule has 0 aliphatic carbocycles. The van der Waals surface area contributed by atoms with Gasteiger partial charge in [-0.3, -0.25) is 9.59 Å². The van der Waals surface area contributed by atoms with E-state index in [-0.39, 0.29) is 17.7 Å². The highest BCUT2D eigenvalue weighted by Gasteiger charge is 2.35. The lowest BCUT2D eigenvalue weighted by atomic mass is 9.97. The monoisotopic (exact) mass is 475 g/mol. The van der Waals surface area contributed by atoms with Crippen molar-refractivity contribution in [2.75, 3.05) is 13.1 Å². The largest absolute Gasteiger partial charge is 0.444 e. The molecule has 1 aromatic carbocycles. The van der Waals surface area contributed by atoms with Gasteiger partial charge < -0.3 is 20.3 Å². The number of hydrogen-bond donors (Lipinski definition) is 2. The van der Waals surface area contributed by atoms with Gasteiger partial charge in [-0.05, 0) is 65.9 Å². The van der Waals surface area contributed by atoms with Gasteiger partial charge in [-0.15, -0.1) is 0 Å². The molecule has 0 saturated carbocycles. The molecule has 0 aliphatic rings. The van der Waals surface area contributed by atoms with Crippen LogP contribution in [-0.2, 0) is 14.3 Å². The van der Waals surface area contributed by atoms with E-state index >= 15 is 0 Å². The summed E-state index contributed by atoms with van der Waals surface area (Å²) in [5.41, 5.74) is 2.13. The Kier molecular flexibility index (Phi) is 11.6. The molecule has 0 aromatic heterocycles. The van der Waals surface area contributed by atoms with E-state index in [1.165, 1.54) is 0 Å². The average Bonchev–Trinajstić information content (AvgIpc) is 2.68. The predicted molar refractivity (Wildman–Crippen MR) is 137 cm³/mol. The molecule has 0 aliphatic heterocycles. The quantitative estimate of drug-likeness (QED) is 0.439. The zero-order valence-electron chi connectivity index (χ0n) is 22.6. The Hall–Kier alpha value is -2.57. The summed E-state index contributed by atoms with van der Waals surface area (Å²) in [7, 11) is 0. The Balaban J connectivity index is 3.36. The number of nitrogens with zero attached hydrogens (tertiary/aromatic N) is 1. The van der Waals surface area contributed by atoms with Gasteiger partial charge in [0, 0.05) is 13.1 Å². The van der Waals surface area contributed by atoms with Crippen LogP contribution in [0.15, 0.2) is 18.2 Å². The van der Waals surface area contributed by atoms with E-state index in [9.17, 15) is 14.4 Å². The smallest absolute Gasteiger partial charge is 0.408 e. The van der Waals surface area contributed by atoms with Gasteiger partial charge >= 0.3 is 6.09 Å². The van der Waals surface area contributed by atoms with Crippen molar-refractivity contribution in [2.24, 2.45) is 5.92 Å². The number of hydrogen-bond acceptors (Lipinski definition) is 4. The fourth-order valence-corrected chi connectivity index (χ4v) is 3.93. The van der Waals surface area contributed by atoms with Crippen molar-refractivity contribution in [1.82, 2.24) is 15.5 Å². The number of nitrogens with one attached hydrogen (secondary N) is 2. The normalized spacial score (nSPS) is 13.2. The van der Waals surface area contributed by atoms with Crippen LogP contribution in [0.2, 0.25) is 0 Å². The van der Waals surface area contributed by atoms with Gasteiger partial charge in [0.05, 0.1) is 0 Å². The number of amides is 3. The molecule has 34 heavy (non-hydrogen) atoms. The summed E-state index contributed by atoms with van der Waals surface area (Å²) in [5.74, 6) is -0.355. The van der Waals surface area contributed by atoms with Crippen molar-refractivity contribution in [3.8, 4) is 0 Å². The molecule has 3 amide bonds. The number of unbranched alkanes of at least 4 members (excludes halogenated alkanes) is 1. The number of rotatable bonds is 11. The first-order valence-electron chi connectivity index (χ1n) is 12.4. The Morgan fingerprint density at radius 2 is 1.62 bits per heavy atom. The standard InChI is InChI=1S/C27H45N3O4/c1-10-12-13-28-24(31)23(21-16-19(5)15-20(6)17-21)30(11-2)25(32)22(14-18(3)4)29-26(33)34-27(7,8)9/h15-18,22-23H,10-14H2,1-9H3,(H,28,31)(H,29,33).